The molecule has 1 unspecified atom stereocenters. The third-order valence-corrected chi connectivity index (χ3v) is 16.3. The third kappa shape index (κ3) is 6.27. The molecule has 0 bridgehead atoms. The molecule has 1 atom stereocenters. The quantitative estimate of drug-likeness (QED) is 0.152. The fourth-order valence-corrected chi connectivity index (χ4v) is 13.3. The Morgan fingerprint density at radius 1 is 0.325 bits per heavy atom. The number of hydrogen-bond acceptors (Lipinski definition) is 3. The van der Waals surface area contributed by atoms with E-state index >= 15 is 0 Å². The summed E-state index contributed by atoms with van der Waals surface area (Å²) in [6.07, 6.45) is 0. The summed E-state index contributed by atoms with van der Waals surface area (Å²) in [5, 5.41) is 4.67. The van der Waals surface area contributed by atoms with Crippen molar-refractivity contribution in [2.24, 2.45) is 0 Å². The van der Waals surface area contributed by atoms with Crippen LogP contribution in [-0.2, 0) is 5.41 Å². The lowest BCUT2D eigenvalue weighted by Crippen LogP contribution is -2.28. The number of para-hydroxylation sites is 7. The Balaban J connectivity index is 1.00. The molecule has 0 saturated heterocycles. The number of furan rings is 1. The molecule has 0 amide bonds. The van der Waals surface area contributed by atoms with E-state index in [-0.39, 0.29) is 0 Å². The second kappa shape index (κ2) is 16.9. The Labute approximate surface area is 446 Å². The molecule has 2 aliphatic carbocycles. The van der Waals surface area contributed by atoms with Gasteiger partial charge in [0.25, 0.3) is 0 Å². The molecule has 0 radical (unpaired) electrons. The van der Waals surface area contributed by atoms with Gasteiger partial charge in [0.1, 0.15) is 5.58 Å². The number of anilines is 6. The molecule has 0 N–H and O–H groups in total. The van der Waals surface area contributed by atoms with Crippen LogP contribution in [0.5, 0.6) is 0 Å². The molecule has 0 fully saturated rings. The molecule has 1 spiro atoms. The zero-order chi connectivity index (χ0) is 50.6. The maximum Gasteiger partial charge on any atom is 0.159 e. The highest BCUT2D eigenvalue weighted by Crippen LogP contribution is 2.67. The molecular weight excluding hydrogens is 935 g/mol. The van der Waals surface area contributed by atoms with E-state index in [0.29, 0.717) is 0 Å². The van der Waals surface area contributed by atoms with Gasteiger partial charge in [-0.25, -0.2) is 0 Å². The van der Waals surface area contributed by atoms with Gasteiger partial charge in [-0.15, -0.1) is 0 Å². The van der Waals surface area contributed by atoms with Crippen LogP contribution in [0.3, 0.4) is 0 Å². The molecule has 0 aliphatic heterocycles. The van der Waals surface area contributed by atoms with Crippen molar-refractivity contribution in [2.75, 3.05) is 9.80 Å². The van der Waals surface area contributed by atoms with E-state index < -0.39 is 5.41 Å². The van der Waals surface area contributed by atoms with E-state index in [9.17, 15) is 0 Å². The lowest BCUT2D eigenvalue weighted by atomic mass is 9.69. The average molecular weight is 982 g/mol. The molecular formula is C73H47N3O. The largest absolute Gasteiger partial charge is 0.454 e. The molecule has 360 valence electrons. The summed E-state index contributed by atoms with van der Waals surface area (Å²) < 4.78 is 9.29. The zero-order valence-corrected chi connectivity index (χ0v) is 41.9. The zero-order valence-electron chi connectivity index (χ0n) is 41.9. The smallest absolute Gasteiger partial charge is 0.159 e. The Morgan fingerprint density at radius 2 is 0.844 bits per heavy atom. The highest BCUT2D eigenvalue weighted by molar-refractivity contribution is 6.16. The van der Waals surface area contributed by atoms with Crippen molar-refractivity contribution in [3.8, 4) is 39.1 Å². The topological polar surface area (TPSA) is 24.6 Å². The summed E-state index contributed by atoms with van der Waals surface area (Å²) in [7, 11) is 0. The van der Waals surface area contributed by atoms with Crippen molar-refractivity contribution in [1.29, 1.82) is 0 Å². The van der Waals surface area contributed by atoms with Crippen molar-refractivity contribution in [3.05, 3.63) is 307 Å². The van der Waals surface area contributed by atoms with E-state index in [1.54, 1.807) is 0 Å². The van der Waals surface area contributed by atoms with Gasteiger partial charge in [-0.2, -0.15) is 0 Å². The predicted octanol–water partition coefficient (Wildman–Crippen LogP) is 19.6. The molecule has 2 aromatic heterocycles. The Kier molecular flexibility index (Phi) is 9.52. The number of benzene rings is 12. The van der Waals surface area contributed by atoms with Gasteiger partial charge >= 0.3 is 0 Å². The molecule has 4 nitrogen and oxygen atoms in total. The molecule has 0 saturated carbocycles. The molecule has 16 rings (SSSR count). The lowest BCUT2D eigenvalue weighted by molar-refractivity contribution is 0.669. The summed E-state index contributed by atoms with van der Waals surface area (Å²) in [6, 6.07) is 104. The summed E-state index contributed by atoms with van der Waals surface area (Å²) in [4.78, 5) is 4.88. The monoisotopic (exact) mass is 981 g/mol. The van der Waals surface area contributed by atoms with E-state index in [4.69, 9.17) is 4.42 Å². The van der Waals surface area contributed by atoms with Gasteiger partial charge < -0.3 is 18.8 Å². The maximum atomic E-state index is 6.88. The normalized spacial score (nSPS) is 14.0. The van der Waals surface area contributed by atoms with Crippen LogP contribution in [0.4, 0.5) is 34.1 Å². The summed E-state index contributed by atoms with van der Waals surface area (Å²) in [5.74, 6) is 0. The Morgan fingerprint density at radius 3 is 1.55 bits per heavy atom. The summed E-state index contributed by atoms with van der Waals surface area (Å²) in [6.45, 7) is 0. The van der Waals surface area contributed by atoms with Crippen LogP contribution in [0.15, 0.2) is 290 Å². The first-order valence-corrected chi connectivity index (χ1v) is 26.5. The second-order valence-electron chi connectivity index (χ2n) is 20.3. The van der Waals surface area contributed by atoms with Crippen LogP contribution >= 0.6 is 0 Å². The van der Waals surface area contributed by atoms with Gasteiger partial charge in [-0.1, -0.05) is 194 Å². The van der Waals surface area contributed by atoms with Crippen LogP contribution in [0.1, 0.15) is 22.3 Å². The highest BCUT2D eigenvalue weighted by Gasteiger charge is 2.54. The van der Waals surface area contributed by atoms with Crippen molar-refractivity contribution in [3.63, 3.8) is 0 Å². The van der Waals surface area contributed by atoms with Crippen LogP contribution in [-0.4, -0.2) is 4.57 Å². The standard InChI is InChI=1S/C73H47N3O/c1-5-23-49(24-6-1)74(50-25-7-2-8-26-50)68-47-53(75(51-27-9-3-10-28-51)67-41-22-36-58-57-33-16-20-42-69(57)77-72(58)67)46-61-56-32-14-18-38-63(56)73(71(61)68)62-37-17-13-31-55(62)60-45-48(43-44-64(60)73)54-35-21-40-66-70(54)59-34-15-19-39-65(59)76(66)52-29-11-4-12-30-52/h1-47H. The summed E-state index contributed by atoms with van der Waals surface area (Å²) in [5.41, 5.74) is 23.2. The van der Waals surface area contributed by atoms with Gasteiger partial charge in [-0.05, 0) is 141 Å². The first kappa shape index (κ1) is 43.3. The van der Waals surface area contributed by atoms with Gasteiger partial charge in [0.05, 0.1) is 27.8 Å². The fraction of sp³-hybridized carbons (Fsp3) is 0.0137. The van der Waals surface area contributed by atoms with E-state index in [1.807, 2.05) is 6.07 Å². The minimum absolute atomic E-state index is 0.697. The van der Waals surface area contributed by atoms with Gasteiger partial charge in [-0.3, -0.25) is 0 Å². The van der Waals surface area contributed by atoms with Crippen LogP contribution in [0.25, 0.3) is 82.8 Å². The average Bonchev–Trinajstić information content (AvgIpc) is 4.41. The van der Waals surface area contributed by atoms with E-state index in [2.05, 4.69) is 293 Å². The predicted molar refractivity (Wildman–Crippen MR) is 319 cm³/mol. The maximum absolute atomic E-state index is 6.88. The molecule has 4 heteroatoms. The summed E-state index contributed by atoms with van der Waals surface area (Å²) >= 11 is 0. The number of nitrogens with zero attached hydrogens (tertiary/aromatic N) is 3. The minimum atomic E-state index is -0.697. The van der Waals surface area contributed by atoms with Crippen molar-refractivity contribution >= 4 is 77.9 Å². The SMILES string of the molecule is c1ccc(N(c2ccccc2)c2cc(N(c3ccccc3)c3cccc4c3oc3ccccc34)cc3c2C2(c4ccccc4-c4cc(-c5cccc6c5c5ccccc5n6-c5ccccc5)ccc42)c2ccccc2-3)cc1. The fourth-order valence-electron chi connectivity index (χ4n) is 13.3. The van der Waals surface area contributed by atoms with Crippen LogP contribution in [0.2, 0.25) is 0 Å². The van der Waals surface area contributed by atoms with Gasteiger partial charge in [0.2, 0.25) is 0 Å². The van der Waals surface area contributed by atoms with E-state index in [1.165, 1.54) is 77.4 Å². The first-order valence-electron chi connectivity index (χ1n) is 26.5. The van der Waals surface area contributed by atoms with Crippen molar-refractivity contribution in [1.82, 2.24) is 4.57 Å². The van der Waals surface area contributed by atoms with Crippen molar-refractivity contribution < 1.29 is 4.42 Å². The second-order valence-corrected chi connectivity index (χ2v) is 20.3. The third-order valence-electron chi connectivity index (χ3n) is 16.3. The minimum Gasteiger partial charge on any atom is -0.454 e. The molecule has 77 heavy (non-hydrogen) atoms. The molecule has 2 aliphatic rings. The molecule has 14 aromatic rings. The number of fused-ring (bicyclic) bond motifs is 16. The van der Waals surface area contributed by atoms with Crippen molar-refractivity contribution in [2.45, 2.75) is 5.41 Å². The van der Waals surface area contributed by atoms with Gasteiger partial charge in [0.15, 0.2) is 5.58 Å². The number of aromatic nitrogens is 1. The van der Waals surface area contributed by atoms with E-state index in [0.717, 1.165) is 61.8 Å². The Bertz CT molecular complexity index is 4600. The van der Waals surface area contributed by atoms with Crippen LogP contribution < -0.4 is 9.80 Å². The lowest BCUT2D eigenvalue weighted by Gasteiger charge is -2.37. The number of hydrogen-bond donors (Lipinski definition) is 0. The molecule has 2 heterocycles. The molecule has 12 aromatic carbocycles. The van der Waals surface area contributed by atoms with Gasteiger partial charge in [0, 0.05) is 55.5 Å². The number of rotatable bonds is 8. The first-order chi connectivity index (χ1) is 38.2. The Hall–Kier alpha value is -10.2. The highest BCUT2D eigenvalue weighted by atomic mass is 16.3. The van der Waals surface area contributed by atoms with Crippen LogP contribution in [0, 0.1) is 0 Å².